The molecule has 0 saturated heterocycles. The van der Waals surface area contributed by atoms with Crippen LogP contribution in [0.2, 0.25) is 0 Å². The summed E-state index contributed by atoms with van der Waals surface area (Å²) < 4.78 is 5.55. The highest BCUT2D eigenvalue weighted by atomic mass is 16.6. The number of benzene rings is 1. The number of hydrogen-bond acceptors (Lipinski definition) is 3. The van der Waals surface area contributed by atoms with Crippen LogP contribution in [0.15, 0.2) is 24.3 Å². The minimum atomic E-state index is -0.419. The molecule has 0 amide bonds. The molecular weight excluding hydrogens is 298 g/mol. The molecule has 1 saturated carbocycles. The normalized spacial score (nSPS) is 16.4. The third-order valence-corrected chi connectivity index (χ3v) is 4.66. The maximum atomic E-state index is 12.3. The van der Waals surface area contributed by atoms with Crippen molar-refractivity contribution in [2.45, 2.75) is 84.4 Å². The molecule has 3 heteroatoms. The Morgan fingerprint density at radius 1 is 1.08 bits per heavy atom. The third kappa shape index (κ3) is 6.27. The Balaban J connectivity index is 2.05. The van der Waals surface area contributed by atoms with E-state index in [9.17, 15) is 4.79 Å². The number of rotatable bonds is 6. The zero-order valence-electron chi connectivity index (χ0n) is 15.8. The van der Waals surface area contributed by atoms with Crippen molar-refractivity contribution in [3.05, 3.63) is 35.4 Å². The predicted molar refractivity (Wildman–Crippen MR) is 98.9 cm³/mol. The van der Waals surface area contributed by atoms with E-state index in [4.69, 9.17) is 4.74 Å². The number of aryl methyl sites for hydroxylation is 1. The lowest BCUT2D eigenvalue weighted by Gasteiger charge is -2.34. The van der Waals surface area contributed by atoms with E-state index in [2.05, 4.69) is 36.1 Å². The van der Waals surface area contributed by atoms with Crippen LogP contribution >= 0.6 is 0 Å². The molecule has 1 fully saturated rings. The van der Waals surface area contributed by atoms with Gasteiger partial charge < -0.3 is 4.74 Å². The molecule has 0 aromatic heterocycles. The maximum Gasteiger partial charge on any atom is 0.320 e. The Labute approximate surface area is 147 Å². The molecule has 0 N–H and O–H groups in total. The average molecular weight is 332 g/mol. The number of esters is 1. The van der Waals surface area contributed by atoms with Gasteiger partial charge in [-0.3, -0.25) is 9.69 Å². The van der Waals surface area contributed by atoms with Gasteiger partial charge in [0.2, 0.25) is 0 Å². The lowest BCUT2D eigenvalue weighted by Crippen LogP contribution is -2.41. The van der Waals surface area contributed by atoms with Crippen molar-refractivity contribution in [2.75, 3.05) is 6.54 Å². The number of hydrogen-bond donors (Lipinski definition) is 0. The number of carbonyl (C=O) groups is 1. The zero-order chi connectivity index (χ0) is 17.6. The Kier molecular flexibility index (Phi) is 6.85. The van der Waals surface area contributed by atoms with Crippen molar-refractivity contribution in [2.24, 2.45) is 0 Å². The molecule has 3 nitrogen and oxygen atoms in total. The first-order valence-corrected chi connectivity index (χ1v) is 9.41. The second-order valence-electron chi connectivity index (χ2n) is 7.95. The van der Waals surface area contributed by atoms with Gasteiger partial charge in [-0.1, -0.05) is 50.5 Å². The monoisotopic (exact) mass is 331 g/mol. The maximum absolute atomic E-state index is 12.3. The predicted octanol–water partition coefficient (Wildman–Crippen LogP) is 4.73. The summed E-state index contributed by atoms with van der Waals surface area (Å²) in [5.41, 5.74) is 2.22. The number of carbonyl (C=O) groups excluding carboxylic acids is 1. The summed E-state index contributed by atoms with van der Waals surface area (Å²) in [7, 11) is 0. The van der Waals surface area contributed by atoms with E-state index in [1.165, 1.54) is 43.2 Å². The Morgan fingerprint density at radius 2 is 1.67 bits per heavy atom. The molecule has 1 aromatic rings. The summed E-state index contributed by atoms with van der Waals surface area (Å²) >= 11 is 0. The summed E-state index contributed by atoms with van der Waals surface area (Å²) in [5, 5.41) is 0. The van der Waals surface area contributed by atoms with Crippen LogP contribution in [-0.2, 0) is 22.5 Å². The summed E-state index contributed by atoms with van der Waals surface area (Å²) in [6.45, 7) is 9.18. The molecule has 24 heavy (non-hydrogen) atoms. The van der Waals surface area contributed by atoms with Crippen molar-refractivity contribution >= 4 is 5.97 Å². The lowest BCUT2D eigenvalue weighted by molar-refractivity contribution is -0.157. The first kappa shape index (κ1) is 19.0. The summed E-state index contributed by atoms with van der Waals surface area (Å²) in [5.74, 6) is -0.113. The van der Waals surface area contributed by atoms with Gasteiger partial charge in [-0.25, -0.2) is 0 Å². The van der Waals surface area contributed by atoms with Gasteiger partial charge in [-0.15, -0.1) is 0 Å². The van der Waals surface area contributed by atoms with Crippen molar-refractivity contribution in [3.8, 4) is 0 Å². The van der Waals surface area contributed by atoms with Gasteiger partial charge in [0.1, 0.15) is 5.60 Å². The molecule has 134 valence electrons. The standard InChI is InChI=1S/C21H33NO2/c1-5-17-11-13-18(14-12-17)15-22(19-9-7-6-8-10-19)16-20(23)24-21(2,3)4/h11-14,19H,5-10,15-16H2,1-4H3. The van der Waals surface area contributed by atoms with Crippen molar-refractivity contribution in [3.63, 3.8) is 0 Å². The molecule has 0 bridgehead atoms. The van der Waals surface area contributed by atoms with Crippen LogP contribution in [0.25, 0.3) is 0 Å². The minimum Gasteiger partial charge on any atom is -0.459 e. The molecule has 1 aliphatic rings. The highest BCUT2D eigenvalue weighted by molar-refractivity contribution is 5.72. The van der Waals surface area contributed by atoms with E-state index in [-0.39, 0.29) is 5.97 Å². The molecule has 0 spiro atoms. The molecule has 0 heterocycles. The Bertz CT molecular complexity index is 510. The van der Waals surface area contributed by atoms with E-state index in [0.717, 1.165) is 13.0 Å². The van der Waals surface area contributed by atoms with E-state index in [1.54, 1.807) is 0 Å². The minimum absolute atomic E-state index is 0.113. The molecule has 0 radical (unpaired) electrons. The smallest absolute Gasteiger partial charge is 0.320 e. The fourth-order valence-electron chi connectivity index (χ4n) is 3.41. The highest BCUT2D eigenvalue weighted by Crippen LogP contribution is 2.24. The second kappa shape index (κ2) is 8.66. The number of nitrogens with zero attached hydrogens (tertiary/aromatic N) is 1. The van der Waals surface area contributed by atoms with Crippen LogP contribution in [0.5, 0.6) is 0 Å². The van der Waals surface area contributed by atoms with Gasteiger partial charge in [-0.05, 0) is 51.2 Å². The Morgan fingerprint density at radius 3 is 2.21 bits per heavy atom. The molecule has 2 rings (SSSR count). The van der Waals surface area contributed by atoms with Gasteiger partial charge in [0, 0.05) is 12.6 Å². The summed E-state index contributed by atoms with van der Waals surface area (Å²) in [4.78, 5) is 14.7. The van der Waals surface area contributed by atoms with Gasteiger partial charge in [0.05, 0.1) is 6.54 Å². The van der Waals surface area contributed by atoms with Gasteiger partial charge in [0.15, 0.2) is 0 Å². The lowest BCUT2D eigenvalue weighted by atomic mass is 9.93. The van der Waals surface area contributed by atoms with E-state index >= 15 is 0 Å². The first-order valence-electron chi connectivity index (χ1n) is 9.41. The topological polar surface area (TPSA) is 29.5 Å². The molecule has 0 aliphatic heterocycles. The van der Waals surface area contributed by atoms with Crippen LogP contribution in [0.4, 0.5) is 0 Å². The highest BCUT2D eigenvalue weighted by Gasteiger charge is 2.25. The van der Waals surface area contributed by atoms with Gasteiger partial charge in [0.25, 0.3) is 0 Å². The molecule has 0 atom stereocenters. The van der Waals surface area contributed by atoms with Crippen LogP contribution in [0.1, 0.15) is 70.9 Å². The quantitative estimate of drug-likeness (QED) is 0.706. The van der Waals surface area contributed by atoms with Crippen molar-refractivity contribution in [1.29, 1.82) is 0 Å². The van der Waals surface area contributed by atoms with E-state index in [0.29, 0.717) is 12.6 Å². The third-order valence-electron chi connectivity index (χ3n) is 4.66. The van der Waals surface area contributed by atoms with Crippen LogP contribution in [-0.4, -0.2) is 29.1 Å². The van der Waals surface area contributed by atoms with Crippen molar-refractivity contribution in [1.82, 2.24) is 4.90 Å². The Hall–Kier alpha value is -1.35. The summed E-state index contributed by atoms with van der Waals surface area (Å²) in [6, 6.07) is 9.29. The first-order chi connectivity index (χ1) is 11.4. The van der Waals surface area contributed by atoms with Crippen LogP contribution in [0, 0.1) is 0 Å². The SMILES string of the molecule is CCc1ccc(CN(CC(=O)OC(C)(C)C)C2CCCCC2)cc1. The largest absolute Gasteiger partial charge is 0.459 e. The zero-order valence-corrected chi connectivity index (χ0v) is 15.8. The number of ether oxygens (including phenoxy) is 1. The van der Waals surface area contributed by atoms with Gasteiger partial charge >= 0.3 is 5.97 Å². The molecule has 0 unspecified atom stereocenters. The van der Waals surface area contributed by atoms with E-state index in [1.807, 2.05) is 20.8 Å². The van der Waals surface area contributed by atoms with E-state index < -0.39 is 5.60 Å². The molecular formula is C21H33NO2. The van der Waals surface area contributed by atoms with Crippen LogP contribution in [0.3, 0.4) is 0 Å². The molecule has 1 aliphatic carbocycles. The average Bonchev–Trinajstić information content (AvgIpc) is 2.54. The summed E-state index contributed by atoms with van der Waals surface area (Å²) in [6.07, 6.45) is 7.30. The van der Waals surface area contributed by atoms with Crippen LogP contribution < -0.4 is 0 Å². The molecule has 1 aromatic carbocycles. The van der Waals surface area contributed by atoms with Crippen molar-refractivity contribution < 1.29 is 9.53 Å². The van der Waals surface area contributed by atoms with Gasteiger partial charge in [-0.2, -0.15) is 0 Å². The second-order valence-corrected chi connectivity index (χ2v) is 7.95. The fraction of sp³-hybridized carbons (Fsp3) is 0.667. The fourth-order valence-corrected chi connectivity index (χ4v) is 3.41.